The van der Waals surface area contributed by atoms with Crippen LogP contribution in [0.3, 0.4) is 0 Å². The highest BCUT2D eigenvalue weighted by Gasteiger charge is 2.38. The number of rotatable bonds is 4. The number of methoxy groups -OCH3 is 2. The minimum atomic E-state index is 0.111. The number of benzene rings is 2. The van der Waals surface area contributed by atoms with Crippen LogP contribution in [-0.2, 0) is 0 Å². The molecule has 1 aliphatic heterocycles. The molecule has 5 nitrogen and oxygen atoms in total. The van der Waals surface area contributed by atoms with Crippen molar-refractivity contribution in [3.63, 3.8) is 0 Å². The highest BCUT2D eigenvalue weighted by Crippen LogP contribution is 2.36. The quantitative estimate of drug-likeness (QED) is 0.785. The number of amidine groups is 1. The second-order valence-electron chi connectivity index (χ2n) is 5.12. The largest absolute Gasteiger partial charge is 0.497 e. The van der Waals surface area contributed by atoms with Crippen LogP contribution in [0.15, 0.2) is 42.5 Å². The number of hydrogen-bond acceptors (Lipinski definition) is 5. The third-order valence-corrected chi connectivity index (χ3v) is 4.68. The molecule has 8 heteroatoms. The average molecular weight is 392 g/mol. The first-order valence-corrected chi connectivity index (χ1v) is 8.42. The third-order valence-electron chi connectivity index (χ3n) is 3.71. The monoisotopic (exact) mass is 391 g/mol. The summed E-state index contributed by atoms with van der Waals surface area (Å²) >= 11 is 17.1. The van der Waals surface area contributed by atoms with Crippen LogP contribution in [0.4, 0.5) is 11.4 Å². The lowest BCUT2D eigenvalue weighted by Gasteiger charge is -2.22. The van der Waals surface area contributed by atoms with Crippen LogP contribution in [0, 0.1) is 5.41 Å². The van der Waals surface area contributed by atoms with Gasteiger partial charge in [0.25, 0.3) is 0 Å². The van der Waals surface area contributed by atoms with Crippen LogP contribution in [0.5, 0.6) is 11.5 Å². The Bertz CT molecular complexity index is 888. The van der Waals surface area contributed by atoms with Gasteiger partial charge in [-0.25, -0.2) is 0 Å². The van der Waals surface area contributed by atoms with E-state index in [4.69, 9.17) is 50.9 Å². The molecule has 1 heterocycles. The summed E-state index contributed by atoms with van der Waals surface area (Å²) in [7, 11) is 3.14. The van der Waals surface area contributed by atoms with Crippen molar-refractivity contribution in [1.82, 2.24) is 0 Å². The maximum atomic E-state index is 8.38. The molecular weight excluding hydrogens is 378 g/mol. The van der Waals surface area contributed by atoms with E-state index in [2.05, 4.69) is 0 Å². The van der Waals surface area contributed by atoms with Gasteiger partial charge in [0.05, 0.1) is 25.6 Å². The molecule has 0 unspecified atom stereocenters. The minimum Gasteiger partial charge on any atom is -0.497 e. The highest BCUT2D eigenvalue weighted by molar-refractivity contribution is 7.84. The molecule has 0 atom stereocenters. The smallest absolute Gasteiger partial charge is 0.192 e. The molecule has 0 spiro atoms. The van der Waals surface area contributed by atoms with Gasteiger partial charge in [0.1, 0.15) is 11.5 Å². The fourth-order valence-corrected chi connectivity index (χ4v) is 3.43. The Morgan fingerprint density at radius 1 is 1.00 bits per heavy atom. The Hall–Kier alpha value is -2.22. The van der Waals surface area contributed by atoms with Gasteiger partial charge in [-0.3, -0.25) is 15.2 Å². The van der Waals surface area contributed by atoms with Gasteiger partial charge in [0.2, 0.25) is 0 Å². The Morgan fingerprint density at radius 2 is 1.76 bits per heavy atom. The highest BCUT2D eigenvalue weighted by atomic mass is 35.5. The van der Waals surface area contributed by atoms with Crippen molar-refractivity contribution in [1.29, 1.82) is 5.41 Å². The number of nitrogens with zero attached hydrogens (tertiary/aromatic N) is 2. The molecule has 2 aromatic carbocycles. The van der Waals surface area contributed by atoms with Gasteiger partial charge < -0.3 is 9.47 Å². The van der Waals surface area contributed by atoms with E-state index in [1.54, 1.807) is 60.4 Å². The lowest BCUT2D eigenvalue weighted by Crippen LogP contribution is -2.33. The van der Waals surface area contributed by atoms with Crippen LogP contribution in [0.25, 0.3) is 0 Å². The fourth-order valence-electron chi connectivity index (χ4n) is 2.52. The lowest BCUT2D eigenvalue weighted by atomic mass is 10.2. The molecule has 0 aliphatic carbocycles. The number of nitrogens with one attached hydrogen (secondary N) is 1. The van der Waals surface area contributed by atoms with Gasteiger partial charge in [0, 0.05) is 11.1 Å². The Morgan fingerprint density at radius 3 is 2.40 bits per heavy atom. The molecule has 1 saturated heterocycles. The molecule has 0 saturated carbocycles. The van der Waals surface area contributed by atoms with E-state index in [9.17, 15) is 0 Å². The normalized spacial score (nSPS) is 14.3. The maximum Gasteiger partial charge on any atom is 0.192 e. The van der Waals surface area contributed by atoms with Gasteiger partial charge in [-0.05, 0) is 42.5 Å². The average Bonchev–Trinajstić information content (AvgIpc) is 2.83. The standard InChI is InChI=1S/C17H14ClN3O2S2/c1-22-12-6-7-13(14(9-12)23-2)21-16(24)15(19)20(17(21)25)11-5-3-4-10(18)8-11/h3-9,19H,1-2H3. The summed E-state index contributed by atoms with van der Waals surface area (Å²) in [5.74, 6) is 1.31. The van der Waals surface area contributed by atoms with E-state index in [-0.39, 0.29) is 10.8 Å². The van der Waals surface area contributed by atoms with Crippen LogP contribution in [-0.4, -0.2) is 30.2 Å². The zero-order valence-electron chi connectivity index (χ0n) is 13.4. The molecule has 1 fully saturated rings. The summed E-state index contributed by atoms with van der Waals surface area (Å²) in [5, 5.41) is 9.30. The summed E-state index contributed by atoms with van der Waals surface area (Å²) in [6.45, 7) is 0. The van der Waals surface area contributed by atoms with Gasteiger partial charge >= 0.3 is 0 Å². The third kappa shape index (κ3) is 3.06. The van der Waals surface area contributed by atoms with E-state index in [0.717, 1.165) is 0 Å². The maximum absolute atomic E-state index is 8.38. The SMILES string of the molecule is COc1ccc(N2C(=S)C(=N)N(c3cccc(Cl)c3)C2=S)c(OC)c1. The molecular formula is C17H14ClN3O2S2. The van der Waals surface area contributed by atoms with E-state index >= 15 is 0 Å². The first-order valence-electron chi connectivity index (χ1n) is 7.22. The number of hydrogen-bond donors (Lipinski definition) is 1. The van der Waals surface area contributed by atoms with Crippen molar-refractivity contribution in [2.75, 3.05) is 24.0 Å². The summed E-state index contributed by atoms with van der Waals surface area (Å²) in [4.78, 5) is 3.49. The molecule has 25 heavy (non-hydrogen) atoms. The van der Waals surface area contributed by atoms with Crippen molar-refractivity contribution < 1.29 is 9.47 Å². The summed E-state index contributed by atoms with van der Waals surface area (Å²) in [5.41, 5.74) is 1.33. The number of anilines is 2. The summed E-state index contributed by atoms with van der Waals surface area (Å²) in [6.07, 6.45) is 0. The number of ether oxygens (including phenoxy) is 2. The van der Waals surface area contributed by atoms with E-state index in [1.165, 1.54) is 0 Å². The van der Waals surface area contributed by atoms with Gasteiger partial charge in [-0.1, -0.05) is 29.9 Å². The number of thiocarbonyl (C=S) groups is 2. The van der Waals surface area contributed by atoms with Gasteiger partial charge in [0.15, 0.2) is 15.9 Å². The summed E-state index contributed by atoms with van der Waals surface area (Å²) in [6, 6.07) is 12.4. The second kappa shape index (κ2) is 6.95. The molecule has 0 radical (unpaired) electrons. The van der Waals surface area contributed by atoms with Crippen molar-refractivity contribution >= 4 is 63.3 Å². The first-order chi connectivity index (χ1) is 12.0. The predicted molar refractivity (Wildman–Crippen MR) is 109 cm³/mol. The molecule has 2 aromatic rings. The summed E-state index contributed by atoms with van der Waals surface area (Å²) < 4.78 is 10.7. The molecule has 1 N–H and O–H groups in total. The van der Waals surface area contributed by atoms with Crippen LogP contribution >= 0.6 is 36.0 Å². The van der Waals surface area contributed by atoms with Crippen molar-refractivity contribution in [3.05, 3.63) is 47.5 Å². The molecule has 0 bridgehead atoms. The molecule has 0 aromatic heterocycles. The molecule has 0 amide bonds. The topological polar surface area (TPSA) is 48.8 Å². The Kier molecular flexibility index (Phi) is 4.89. The fraction of sp³-hybridized carbons (Fsp3) is 0.118. The molecule has 128 valence electrons. The van der Waals surface area contributed by atoms with Crippen LogP contribution in [0.2, 0.25) is 5.02 Å². The minimum absolute atomic E-state index is 0.111. The molecule has 3 rings (SSSR count). The molecule has 1 aliphatic rings. The van der Waals surface area contributed by atoms with E-state index in [0.29, 0.717) is 33.0 Å². The lowest BCUT2D eigenvalue weighted by molar-refractivity contribution is 0.395. The van der Waals surface area contributed by atoms with Gasteiger partial charge in [-0.15, -0.1) is 0 Å². The Balaban J connectivity index is 2.06. The van der Waals surface area contributed by atoms with E-state index < -0.39 is 0 Å². The zero-order chi connectivity index (χ0) is 18.1. The second-order valence-corrected chi connectivity index (χ2v) is 6.31. The van der Waals surface area contributed by atoms with Gasteiger partial charge in [-0.2, -0.15) is 0 Å². The van der Waals surface area contributed by atoms with E-state index in [1.807, 2.05) is 6.07 Å². The Labute approximate surface area is 161 Å². The van der Waals surface area contributed by atoms with Crippen LogP contribution < -0.4 is 19.3 Å². The number of halogens is 1. The van der Waals surface area contributed by atoms with Crippen molar-refractivity contribution in [2.24, 2.45) is 0 Å². The van der Waals surface area contributed by atoms with Crippen molar-refractivity contribution in [3.8, 4) is 11.5 Å². The predicted octanol–water partition coefficient (Wildman–Crippen LogP) is 4.27. The first kappa shape index (κ1) is 17.6. The zero-order valence-corrected chi connectivity index (χ0v) is 15.8. The van der Waals surface area contributed by atoms with Crippen molar-refractivity contribution in [2.45, 2.75) is 0 Å². The van der Waals surface area contributed by atoms with Crippen LogP contribution in [0.1, 0.15) is 0 Å².